The van der Waals surface area contributed by atoms with E-state index in [0.29, 0.717) is 5.69 Å². The molecule has 1 heterocycles. The molecule has 0 fully saturated rings. The van der Waals surface area contributed by atoms with Gasteiger partial charge in [-0.2, -0.15) is 4.31 Å². The lowest BCUT2D eigenvalue weighted by Crippen LogP contribution is -2.27. The highest BCUT2D eigenvalue weighted by Gasteiger charge is 2.24. The molecule has 0 saturated carbocycles. The summed E-state index contributed by atoms with van der Waals surface area (Å²) in [5.74, 6) is -1.17. The molecule has 0 radical (unpaired) electrons. The third-order valence-electron chi connectivity index (χ3n) is 2.81. The number of sulfonamides is 1. The summed E-state index contributed by atoms with van der Waals surface area (Å²) in [5.41, 5.74) is 7.76. The van der Waals surface area contributed by atoms with E-state index in [1.807, 2.05) is 0 Å². The Morgan fingerprint density at radius 3 is 2.71 bits per heavy atom. The molecular weight excluding hydrogens is 314 g/mol. The summed E-state index contributed by atoms with van der Waals surface area (Å²) in [5, 5.41) is 10.6. The first-order valence-electron chi connectivity index (χ1n) is 5.78. The predicted molar refractivity (Wildman–Crippen MR) is 78.6 cm³/mol. The number of thiazole rings is 1. The monoisotopic (exact) mass is 327 g/mol. The first-order chi connectivity index (χ1) is 9.82. The lowest BCUT2D eigenvalue weighted by molar-refractivity contribution is 0.0697. The van der Waals surface area contributed by atoms with Crippen molar-refractivity contribution in [3.63, 3.8) is 0 Å². The van der Waals surface area contributed by atoms with E-state index in [9.17, 15) is 13.2 Å². The molecule has 112 valence electrons. The maximum Gasteiger partial charge on any atom is 0.335 e. The molecule has 21 heavy (non-hydrogen) atoms. The number of aromatic carboxylic acids is 1. The van der Waals surface area contributed by atoms with Crippen molar-refractivity contribution in [3.8, 4) is 0 Å². The molecule has 1 aromatic heterocycles. The van der Waals surface area contributed by atoms with Gasteiger partial charge in [0.2, 0.25) is 10.0 Å². The topological polar surface area (TPSA) is 114 Å². The quantitative estimate of drug-likeness (QED) is 0.799. The minimum Gasteiger partial charge on any atom is -0.478 e. The average molecular weight is 327 g/mol. The van der Waals surface area contributed by atoms with Crippen LogP contribution in [0.1, 0.15) is 16.1 Å². The van der Waals surface area contributed by atoms with Crippen molar-refractivity contribution in [1.82, 2.24) is 9.29 Å². The zero-order valence-corrected chi connectivity index (χ0v) is 12.7. The smallest absolute Gasteiger partial charge is 0.335 e. The van der Waals surface area contributed by atoms with E-state index < -0.39 is 16.0 Å². The summed E-state index contributed by atoms with van der Waals surface area (Å²) >= 11 is 1.37. The fourth-order valence-corrected chi connectivity index (χ4v) is 3.50. The molecule has 0 aliphatic carbocycles. The zero-order chi connectivity index (χ0) is 15.6. The number of anilines is 1. The number of nitrogen functional groups attached to an aromatic ring is 1. The van der Waals surface area contributed by atoms with E-state index in [1.54, 1.807) is 10.9 Å². The van der Waals surface area contributed by atoms with Gasteiger partial charge in [0.05, 0.1) is 29.0 Å². The second-order valence-electron chi connectivity index (χ2n) is 4.30. The summed E-state index contributed by atoms with van der Waals surface area (Å²) in [6, 6.07) is 3.54. The van der Waals surface area contributed by atoms with Gasteiger partial charge >= 0.3 is 5.97 Å². The number of carboxylic acids is 1. The number of aromatic nitrogens is 1. The predicted octanol–water partition coefficient (Wildman–Crippen LogP) is 1.24. The summed E-state index contributed by atoms with van der Waals surface area (Å²) in [6.07, 6.45) is 0. The SMILES string of the molecule is CN(Cc1cscn1)S(=O)(=O)c1ccc(C(=O)O)cc1N. The maximum atomic E-state index is 12.4. The molecule has 0 saturated heterocycles. The number of hydrogen-bond donors (Lipinski definition) is 2. The number of nitrogens with zero attached hydrogens (tertiary/aromatic N) is 2. The molecule has 2 aromatic rings. The summed E-state index contributed by atoms with van der Waals surface area (Å²) in [7, 11) is -2.39. The molecule has 0 spiro atoms. The average Bonchev–Trinajstić information content (AvgIpc) is 2.90. The number of carbonyl (C=O) groups is 1. The number of nitrogens with two attached hydrogens (primary N) is 1. The van der Waals surface area contributed by atoms with Crippen molar-refractivity contribution in [2.45, 2.75) is 11.4 Å². The Balaban J connectivity index is 2.33. The van der Waals surface area contributed by atoms with Gasteiger partial charge in [0.1, 0.15) is 4.90 Å². The van der Waals surface area contributed by atoms with Crippen LogP contribution in [0.2, 0.25) is 0 Å². The van der Waals surface area contributed by atoms with Crippen LogP contribution in [0.4, 0.5) is 5.69 Å². The van der Waals surface area contributed by atoms with Gasteiger partial charge in [-0.05, 0) is 18.2 Å². The van der Waals surface area contributed by atoms with Crippen LogP contribution in [0.5, 0.6) is 0 Å². The fourth-order valence-electron chi connectivity index (χ4n) is 1.71. The van der Waals surface area contributed by atoms with E-state index in [-0.39, 0.29) is 22.7 Å². The first kappa shape index (κ1) is 15.4. The zero-order valence-electron chi connectivity index (χ0n) is 11.1. The van der Waals surface area contributed by atoms with Crippen molar-refractivity contribution in [1.29, 1.82) is 0 Å². The largest absolute Gasteiger partial charge is 0.478 e. The van der Waals surface area contributed by atoms with E-state index in [0.717, 1.165) is 10.4 Å². The van der Waals surface area contributed by atoms with Crippen LogP contribution >= 0.6 is 11.3 Å². The molecule has 0 amide bonds. The first-order valence-corrected chi connectivity index (χ1v) is 8.17. The Hall–Kier alpha value is -1.97. The summed E-state index contributed by atoms with van der Waals surface area (Å²) < 4.78 is 26.0. The Morgan fingerprint density at radius 1 is 1.48 bits per heavy atom. The standard InChI is InChI=1S/C12H13N3O4S2/c1-15(5-9-6-20-7-14-9)21(18,19)11-3-2-8(12(16)17)4-10(11)13/h2-4,6-7H,5,13H2,1H3,(H,16,17). The molecule has 0 bridgehead atoms. The van der Waals surface area contributed by atoms with Gasteiger partial charge in [0, 0.05) is 12.4 Å². The van der Waals surface area contributed by atoms with Crippen LogP contribution in [0.15, 0.2) is 34.0 Å². The van der Waals surface area contributed by atoms with Crippen LogP contribution in [0.3, 0.4) is 0 Å². The molecule has 2 rings (SSSR count). The van der Waals surface area contributed by atoms with Crippen LogP contribution in [0.25, 0.3) is 0 Å². The Morgan fingerprint density at radius 2 is 2.19 bits per heavy atom. The van der Waals surface area contributed by atoms with Gasteiger partial charge in [-0.3, -0.25) is 0 Å². The van der Waals surface area contributed by atoms with E-state index in [1.165, 1.54) is 30.5 Å². The molecule has 3 N–H and O–H groups in total. The second-order valence-corrected chi connectivity index (χ2v) is 7.03. The molecule has 0 aliphatic rings. The van der Waals surface area contributed by atoms with Crippen LogP contribution in [0, 0.1) is 0 Å². The fraction of sp³-hybridized carbons (Fsp3) is 0.167. The van der Waals surface area contributed by atoms with Gasteiger partial charge in [-0.25, -0.2) is 18.2 Å². The van der Waals surface area contributed by atoms with Gasteiger partial charge in [0.25, 0.3) is 0 Å². The Kier molecular flexibility index (Phi) is 4.26. The van der Waals surface area contributed by atoms with Crippen LogP contribution < -0.4 is 5.73 Å². The molecule has 0 unspecified atom stereocenters. The maximum absolute atomic E-state index is 12.4. The van der Waals surface area contributed by atoms with Crippen molar-refractivity contribution < 1.29 is 18.3 Å². The van der Waals surface area contributed by atoms with E-state index >= 15 is 0 Å². The Bertz CT molecular complexity index is 757. The highest BCUT2D eigenvalue weighted by Crippen LogP contribution is 2.24. The molecular formula is C12H13N3O4S2. The van der Waals surface area contributed by atoms with Gasteiger partial charge < -0.3 is 10.8 Å². The highest BCUT2D eigenvalue weighted by atomic mass is 32.2. The highest BCUT2D eigenvalue weighted by molar-refractivity contribution is 7.89. The molecule has 9 heteroatoms. The number of benzene rings is 1. The number of carboxylic acid groups (broad SMARTS) is 1. The van der Waals surface area contributed by atoms with Crippen molar-refractivity contribution in [2.24, 2.45) is 0 Å². The van der Waals surface area contributed by atoms with Crippen molar-refractivity contribution in [3.05, 3.63) is 40.3 Å². The Labute approximate surface area is 125 Å². The third kappa shape index (κ3) is 3.20. The molecule has 0 atom stereocenters. The van der Waals surface area contributed by atoms with E-state index in [2.05, 4.69) is 4.98 Å². The second kappa shape index (κ2) is 5.80. The van der Waals surface area contributed by atoms with Crippen molar-refractivity contribution >= 4 is 33.0 Å². The van der Waals surface area contributed by atoms with Gasteiger partial charge in [-0.15, -0.1) is 11.3 Å². The normalized spacial score (nSPS) is 11.7. The molecule has 0 aliphatic heterocycles. The van der Waals surface area contributed by atoms with E-state index in [4.69, 9.17) is 10.8 Å². The minimum atomic E-state index is -3.81. The summed E-state index contributed by atoms with van der Waals surface area (Å²) in [4.78, 5) is 14.7. The lowest BCUT2D eigenvalue weighted by atomic mass is 10.2. The molecule has 1 aromatic carbocycles. The minimum absolute atomic E-state index is 0.0615. The van der Waals surface area contributed by atoms with Crippen LogP contribution in [-0.4, -0.2) is 35.8 Å². The number of hydrogen-bond acceptors (Lipinski definition) is 6. The third-order valence-corrected chi connectivity index (χ3v) is 5.33. The van der Waals surface area contributed by atoms with Crippen LogP contribution in [-0.2, 0) is 16.6 Å². The summed E-state index contributed by atoms with van der Waals surface area (Å²) in [6.45, 7) is 0.117. The lowest BCUT2D eigenvalue weighted by Gasteiger charge is -2.17. The van der Waals surface area contributed by atoms with Gasteiger partial charge in [-0.1, -0.05) is 0 Å². The van der Waals surface area contributed by atoms with Crippen molar-refractivity contribution in [2.75, 3.05) is 12.8 Å². The number of rotatable bonds is 5. The molecule has 7 nitrogen and oxygen atoms in total. The van der Waals surface area contributed by atoms with Gasteiger partial charge in [0.15, 0.2) is 0 Å².